The third-order valence-corrected chi connectivity index (χ3v) is 4.29. The summed E-state index contributed by atoms with van der Waals surface area (Å²) in [7, 11) is 3.08. The van der Waals surface area contributed by atoms with E-state index in [1.807, 2.05) is 0 Å². The Morgan fingerprint density at radius 3 is 2.90 bits per heavy atom. The average molecular weight is 310 g/mol. The average Bonchev–Trinajstić information content (AvgIpc) is 2.49. The number of methoxy groups -OCH3 is 2. The SMILES string of the molecule is COc1ccc(OC)c(NC(=O)C[C@H]2SCCNC2=O)c1. The molecule has 2 rings (SSSR count). The molecule has 0 unspecified atom stereocenters. The zero-order chi connectivity index (χ0) is 15.2. The monoisotopic (exact) mass is 310 g/mol. The van der Waals surface area contributed by atoms with Gasteiger partial charge in [-0.2, -0.15) is 0 Å². The standard InChI is InChI=1S/C14H18N2O4S/c1-19-9-3-4-11(20-2)10(7-9)16-13(17)8-12-14(18)15-5-6-21-12/h3-4,7,12H,5-6,8H2,1-2H3,(H,15,18)(H,16,17)/t12-/m1/s1. The Morgan fingerprint density at radius 1 is 1.43 bits per heavy atom. The Bertz CT molecular complexity index is 536. The van der Waals surface area contributed by atoms with Gasteiger partial charge in [0.1, 0.15) is 11.5 Å². The molecule has 6 nitrogen and oxygen atoms in total. The number of ether oxygens (including phenoxy) is 2. The van der Waals surface area contributed by atoms with Gasteiger partial charge in [-0.3, -0.25) is 9.59 Å². The summed E-state index contributed by atoms with van der Waals surface area (Å²) in [6.07, 6.45) is 0.136. The second-order valence-corrected chi connectivity index (χ2v) is 5.78. The van der Waals surface area contributed by atoms with E-state index in [9.17, 15) is 9.59 Å². The summed E-state index contributed by atoms with van der Waals surface area (Å²) in [5.41, 5.74) is 0.531. The summed E-state index contributed by atoms with van der Waals surface area (Å²) in [6.45, 7) is 0.658. The molecule has 2 amide bonds. The third-order valence-electron chi connectivity index (χ3n) is 3.06. The van der Waals surface area contributed by atoms with Gasteiger partial charge >= 0.3 is 0 Å². The van der Waals surface area contributed by atoms with Crippen LogP contribution < -0.4 is 20.1 Å². The molecule has 1 fully saturated rings. The first kappa shape index (κ1) is 15.5. The minimum absolute atomic E-state index is 0.0843. The fourth-order valence-corrected chi connectivity index (χ4v) is 3.01. The van der Waals surface area contributed by atoms with E-state index in [1.165, 1.54) is 18.9 Å². The van der Waals surface area contributed by atoms with Crippen molar-refractivity contribution in [3.8, 4) is 11.5 Å². The normalized spacial score (nSPS) is 17.8. The number of carbonyl (C=O) groups excluding carboxylic acids is 2. The van der Waals surface area contributed by atoms with Gasteiger partial charge < -0.3 is 20.1 Å². The number of carbonyl (C=O) groups is 2. The van der Waals surface area contributed by atoms with E-state index in [1.54, 1.807) is 25.3 Å². The molecule has 1 heterocycles. The molecular formula is C14H18N2O4S. The largest absolute Gasteiger partial charge is 0.497 e. The van der Waals surface area contributed by atoms with Gasteiger partial charge in [-0.15, -0.1) is 11.8 Å². The van der Waals surface area contributed by atoms with Crippen LogP contribution >= 0.6 is 11.8 Å². The van der Waals surface area contributed by atoms with Gasteiger partial charge in [0, 0.05) is 24.8 Å². The number of anilines is 1. The van der Waals surface area contributed by atoms with Crippen molar-refractivity contribution in [1.82, 2.24) is 5.32 Å². The van der Waals surface area contributed by atoms with Gasteiger partial charge in [0.25, 0.3) is 0 Å². The highest BCUT2D eigenvalue weighted by Crippen LogP contribution is 2.29. The number of amides is 2. The highest BCUT2D eigenvalue weighted by atomic mass is 32.2. The van der Waals surface area contributed by atoms with E-state index < -0.39 is 0 Å². The predicted molar refractivity (Wildman–Crippen MR) is 82.0 cm³/mol. The fraction of sp³-hybridized carbons (Fsp3) is 0.429. The molecule has 0 radical (unpaired) electrons. The Morgan fingerprint density at radius 2 is 2.24 bits per heavy atom. The van der Waals surface area contributed by atoms with Crippen LogP contribution in [-0.4, -0.2) is 43.6 Å². The maximum atomic E-state index is 12.1. The lowest BCUT2D eigenvalue weighted by Gasteiger charge is -2.21. The zero-order valence-corrected chi connectivity index (χ0v) is 12.8. The minimum atomic E-state index is -0.338. The van der Waals surface area contributed by atoms with Crippen molar-refractivity contribution in [3.05, 3.63) is 18.2 Å². The van der Waals surface area contributed by atoms with Crippen molar-refractivity contribution in [2.75, 3.05) is 31.8 Å². The Balaban J connectivity index is 2.03. The van der Waals surface area contributed by atoms with E-state index in [-0.39, 0.29) is 23.5 Å². The van der Waals surface area contributed by atoms with Crippen molar-refractivity contribution < 1.29 is 19.1 Å². The van der Waals surface area contributed by atoms with E-state index in [0.717, 1.165) is 5.75 Å². The lowest BCUT2D eigenvalue weighted by Crippen LogP contribution is -2.40. The van der Waals surface area contributed by atoms with Crippen LogP contribution in [0.15, 0.2) is 18.2 Å². The molecule has 0 bridgehead atoms. The van der Waals surface area contributed by atoms with Gasteiger partial charge in [-0.25, -0.2) is 0 Å². The highest BCUT2D eigenvalue weighted by Gasteiger charge is 2.25. The molecule has 0 aliphatic carbocycles. The van der Waals surface area contributed by atoms with Crippen LogP contribution in [0.4, 0.5) is 5.69 Å². The predicted octanol–water partition coefficient (Wildman–Crippen LogP) is 1.26. The fourth-order valence-electron chi connectivity index (χ4n) is 2.00. The summed E-state index contributed by atoms with van der Waals surface area (Å²) in [6, 6.07) is 5.15. The van der Waals surface area contributed by atoms with Crippen molar-refractivity contribution in [1.29, 1.82) is 0 Å². The number of hydrogen-bond acceptors (Lipinski definition) is 5. The van der Waals surface area contributed by atoms with E-state index in [4.69, 9.17) is 9.47 Å². The van der Waals surface area contributed by atoms with Crippen LogP contribution in [0.3, 0.4) is 0 Å². The molecule has 0 aromatic heterocycles. The topological polar surface area (TPSA) is 76.7 Å². The summed E-state index contributed by atoms with van der Waals surface area (Å²) in [5, 5.41) is 5.19. The number of thioether (sulfide) groups is 1. The Kier molecular flexibility index (Phi) is 5.32. The zero-order valence-electron chi connectivity index (χ0n) is 12.0. The molecule has 2 N–H and O–H groups in total. The van der Waals surface area contributed by atoms with E-state index in [0.29, 0.717) is 23.7 Å². The number of rotatable bonds is 5. The van der Waals surface area contributed by atoms with Crippen molar-refractivity contribution in [3.63, 3.8) is 0 Å². The smallest absolute Gasteiger partial charge is 0.233 e. The molecule has 21 heavy (non-hydrogen) atoms. The first-order valence-electron chi connectivity index (χ1n) is 6.55. The van der Waals surface area contributed by atoms with Crippen LogP contribution in [0, 0.1) is 0 Å². The van der Waals surface area contributed by atoms with Crippen LogP contribution in [0.5, 0.6) is 11.5 Å². The lowest BCUT2D eigenvalue weighted by atomic mass is 10.2. The van der Waals surface area contributed by atoms with Gasteiger partial charge in [-0.05, 0) is 12.1 Å². The Labute approximate surface area is 127 Å². The highest BCUT2D eigenvalue weighted by molar-refractivity contribution is 8.00. The van der Waals surface area contributed by atoms with Crippen molar-refractivity contribution >= 4 is 29.3 Å². The third kappa shape index (κ3) is 4.04. The quantitative estimate of drug-likeness (QED) is 0.856. The molecule has 114 valence electrons. The molecular weight excluding hydrogens is 292 g/mol. The van der Waals surface area contributed by atoms with Crippen LogP contribution in [0.1, 0.15) is 6.42 Å². The van der Waals surface area contributed by atoms with Crippen molar-refractivity contribution in [2.24, 2.45) is 0 Å². The van der Waals surface area contributed by atoms with Gasteiger partial charge in [-0.1, -0.05) is 0 Å². The van der Waals surface area contributed by atoms with Crippen LogP contribution in [-0.2, 0) is 9.59 Å². The van der Waals surface area contributed by atoms with Crippen LogP contribution in [0.2, 0.25) is 0 Å². The first-order valence-corrected chi connectivity index (χ1v) is 7.60. The number of nitrogens with one attached hydrogen (secondary N) is 2. The molecule has 1 atom stereocenters. The molecule has 1 aromatic rings. The molecule has 7 heteroatoms. The Hall–Kier alpha value is -1.89. The lowest BCUT2D eigenvalue weighted by molar-refractivity contribution is -0.123. The summed E-state index contributed by atoms with van der Waals surface area (Å²) >= 11 is 1.50. The molecule has 1 saturated heterocycles. The molecule has 1 aromatic carbocycles. The van der Waals surface area contributed by atoms with Gasteiger partial charge in [0.2, 0.25) is 11.8 Å². The maximum absolute atomic E-state index is 12.1. The number of benzene rings is 1. The molecule has 0 spiro atoms. The molecule has 1 aliphatic rings. The summed E-state index contributed by atoms with van der Waals surface area (Å²) in [5.74, 6) is 1.68. The minimum Gasteiger partial charge on any atom is -0.497 e. The first-order chi connectivity index (χ1) is 10.1. The van der Waals surface area contributed by atoms with Crippen LogP contribution in [0.25, 0.3) is 0 Å². The second-order valence-electron chi connectivity index (χ2n) is 4.47. The number of hydrogen-bond donors (Lipinski definition) is 2. The molecule has 1 aliphatic heterocycles. The van der Waals surface area contributed by atoms with E-state index in [2.05, 4.69) is 10.6 Å². The van der Waals surface area contributed by atoms with Crippen molar-refractivity contribution in [2.45, 2.75) is 11.7 Å². The van der Waals surface area contributed by atoms with Gasteiger partial charge in [0.15, 0.2) is 0 Å². The van der Waals surface area contributed by atoms with Gasteiger partial charge in [0.05, 0.1) is 25.2 Å². The molecule has 0 saturated carbocycles. The van der Waals surface area contributed by atoms with E-state index >= 15 is 0 Å². The summed E-state index contributed by atoms with van der Waals surface area (Å²) < 4.78 is 10.3. The summed E-state index contributed by atoms with van der Waals surface area (Å²) in [4.78, 5) is 23.7. The maximum Gasteiger partial charge on any atom is 0.233 e. The second kappa shape index (κ2) is 7.21.